The van der Waals surface area contributed by atoms with E-state index in [1.807, 2.05) is 0 Å². The molecule has 17 aromatic rings. The van der Waals surface area contributed by atoms with Gasteiger partial charge in [-0.05, 0) is 216 Å². The molecule has 0 saturated heterocycles. The molecule has 2 nitrogen and oxygen atoms in total. The second-order valence-electron chi connectivity index (χ2n) is 24.0. The van der Waals surface area contributed by atoms with Crippen LogP contribution in [0, 0.1) is 0 Å². The van der Waals surface area contributed by atoms with E-state index < -0.39 is 0 Å². The van der Waals surface area contributed by atoms with Crippen LogP contribution in [0.25, 0.3) is 131 Å². The first kappa shape index (κ1) is 54.1. The lowest BCUT2D eigenvalue weighted by atomic mass is 9.84. The van der Waals surface area contributed by atoms with Crippen molar-refractivity contribution in [3.8, 4) is 66.8 Å². The van der Waals surface area contributed by atoms with Crippen molar-refractivity contribution in [2.75, 3.05) is 9.80 Å². The standard InChI is InChI=1S/C90H60N2/c1-5-17-61(18-6-1)65-37-45-75(46-38-65)91(76-47-39-66(40-48-76)62-19-7-2-8-20-62)79-53-55-83-87(59-79)89(73-35-33-71-31-29-69-25-13-15-27-81(69)85(71)57-73)84-56-54-80(60-88(84)90(83)74-36-34-72-32-30-70-26-14-16-28-82(70)86(72)58-74)92(77-49-41-67(42-50-77)63-21-9-3-10-22-63)78-51-43-68(44-52-78)64-23-11-4-12-24-64/h1-60H. The molecule has 17 aromatic carbocycles. The fourth-order valence-corrected chi connectivity index (χ4v) is 14.0. The first-order valence-corrected chi connectivity index (χ1v) is 31.7. The summed E-state index contributed by atoms with van der Waals surface area (Å²) in [5, 5.41) is 14.4. The van der Waals surface area contributed by atoms with Gasteiger partial charge in [0.25, 0.3) is 0 Å². The lowest BCUT2D eigenvalue weighted by Gasteiger charge is -2.28. The van der Waals surface area contributed by atoms with Gasteiger partial charge in [0.15, 0.2) is 0 Å². The highest BCUT2D eigenvalue weighted by atomic mass is 15.1. The summed E-state index contributed by atoms with van der Waals surface area (Å²) >= 11 is 0. The Morgan fingerprint density at radius 3 is 0.685 bits per heavy atom. The molecule has 0 bridgehead atoms. The van der Waals surface area contributed by atoms with Crippen LogP contribution in [0.2, 0.25) is 0 Å². The summed E-state index contributed by atoms with van der Waals surface area (Å²) in [6.07, 6.45) is 0. The minimum atomic E-state index is 1.06. The summed E-state index contributed by atoms with van der Waals surface area (Å²) in [4.78, 5) is 4.86. The zero-order valence-corrected chi connectivity index (χ0v) is 50.5. The maximum Gasteiger partial charge on any atom is 0.0468 e. The molecule has 92 heavy (non-hydrogen) atoms. The molecule has 2 heteroatoms. The Morgan fingerprint density at radius 1 is 0.130 bits per heavy atom. The molecule has 0 saturated carbocycles. The predicted octanol–water partition coefficient (Wildman–Crippen LogP) is 25.5. The van der Waals surface area contributed by atoms with Crippen molar-refractivity contribution in [3.63, 3.8) is 0 Å². The number of rotatable bonds is 12. The maximum atomic E-state index is 2.47. The molecule has 0 atom stereocenters. The van der Waals surface area contributed by atoms with Gasteiger partial charge >= 0.3 is 0 Å². The summed E-state index contributed by atoms with van der Waals surface area (Å²) < 4.78 is 0. The van der Waals surface area contributed by atoms with Crippen molar-refractivity contribution >= 4 is 98.8 Å². The second-order valence-corrected chi connectivity index (χ2v) is 24.0. The highest BCUT2D eigenvalue weighted by Crippen LogP contribution is 2.50. The number of fused-ring (bicyclic) bond motifs is 8. The van der Waals surface area contributed by atoms with Crippen molar-refractivity contribution in [2.45, 2.75) is 0 Å². The molecule has 0 aromatic heterocycles. The van der Waals surface area contributed by atoms with Gasteiger partial charge < -0.3 is 9.80 Å². The molecular formula is C90H60N2. The van der Waals surface area contributed by atoms with Crippen LogP contribution in [-0.4, -0.2) is 0 Å². The largest absolute Gasteiger partial charge is 0.310 e. The Kier molecular flexibility index (Phi) is 13.6. The summed E-state index contributed by atoms with van der Waals surface area (Å²) in [6.45, 7) is 0. The van der Waals surface area contributed by atoms with Crippen LogP contribution in [0.1, 0.15) is 0 Å². The Bertz CT molecular complexity index is 5050. The lowest BCUT2D eigenvalue weighted by molar-refractivity contribution is 1.29. The number of anilines is 6. The van der Waals surface area contributed by atoms with Crippen molar-refractivity contribution in [2.24, 2.45) is 0 Å². The first-order valence-electron chi connectivity index (χ1n) is 31.7. The summed E-state index contributed by atoms with van der Waals surface area (Å²) in [5.41, 5.74) is 20.5. The van der Waals surface area contributed by atoms with E-state index in [1.165, 1.54) is 98.7 Å². The third-order valence-corrected chi connectivity index (χ3v) is 18.6. The van der Waals surface area contributed by atoms with E-state index in [-0.39, 0.29) is 0 Å². The van der Waals surface area contributed by atoms with Crippen molar-refractivity contribution in [3.05, 3.63) is 364 Å². The van der Waals surface area contributed by atoms with Gasteiger partial charge in [-0.1, -0.05) is 279 Å². The molecule has 0 aliphatic heterocycles. The zero-order chi connectivity index (χ0) is 60.9. The third-order valence-electron chi connectivity index (χ3n) is 18.6. The van der Waals surface area contributed by atoms with Gasteiger partial charge in [0.1, 0.15) is 0 Å². The van der Waals surface area contributed by atoms with E-state index in [0.29, 0.717) is 0 Å². The molecule has 0 N–H and O–H groups in total. The number of benzene rings is 17. The molecule has 17 rings (SSSR count). The summed E-state index contributed by atoms with van der Waals surface area (Å²) in [6, 6.07) is 134. The van der Waals surface area contributed by atoms with Crippen molar-refractivity contribution < 1.29 is 0 Å². The van der Waals surface area contributed by atoms with Crippen LogP contribution in [0.4, 0.5) is 34.1 Å². The van der Waals surface area contributed by atoms with Gasteiger partial charge in [-0.15, -0.1) is 0 Å². The van der Waals surface area contributed by atoms with Crippen molar-refractivity contribution in [1.82, 2.24) is 0 Å². The Balaban J connectivity index is 0.949. The number of hydrogen-bond acceptors (Lipinski definition) is 2. The Labute approximate surface area is 536 Å². The van der Waals surface area contributed by atoms with E-state index in [4.69, 9.17) is 0 Å². The molecule has 0 unspecified atom stereocenters. The smallest absolute Gasteiger partial charge is 0.0468 e. The predicted molar refractivity (Wildman–Crippen MR) is 393 cm³/mol. The molecule has 0 aliphatic rings. The average molecular weight is 1170 g/mol. The average Bonchev–Trinajstić information content (AvgIpc) is 0.726. The Hall–Kier alpha value is -12.1. The quantitative estimate of drug-likeness (QED) is 0.0889. The van der Waals surface area contributed by atoms with Gasteiger partial charge in [-0.2, -0.15) is 0 Å². The highest BCUT2D eigenvalue weighted by molar-refractivity contribution is 6.24. The first-order chi connectivity index (χ1) is 45.6. The molecule has 430 valence electrons. The molecule has 0 heterocycles. The zero-order valence-electron chi connectivity index (χ0n) is 50.5. The molecule has 0 aliphatic carbocycles. The third kappa shape index (κ3) is 9.88. The summed E-state index contributed by atoms with van der Waals surface area (Å²) in [7, 11) is 0. The van der Waals surface area contributed by atoms with E-state index >= 15 is 0 Å². The van der Waals surface area contributed by atoms with Gasteiger partial charge in [-0.3, -0.25) is 0 Å². The highest BCUT2D eigenvalue weighted by Gasteiger charge is 2.24. The van der Waals surface area contributed by atoms with E-state index in [1.54, 1.807) is 0 Å². The van der Waals surface area contributed by atoms with Crippen LogP contribution in [0.3, 0.4) is 0 Å². The van der Waals surface area contributed by atoms with Gasteiger partial charge in [-0.25, -0.2) is 0 Å². The van der Waals surface area contributed by atoms with Crippen LogP contribution in [0.15, 0.2) is 364 Å². The minimum absolute atomic E-state index is 1.06. The molecule has 0 radical (unpaired) electrons. The molecular weight excluding hydrogens is 1110 g/mol. The fourth-order valence-electron chi connectivity index (χ4n) is 14.0. The molecule has 0 amide bonds. The Morgan fingerprint density at radius 2 is 0.370 bits per heavy atom. The van der Waals surface area contributed by atoms with Crippen molar-refractivity contribution in [1.29, 1.82) is 0 Å². The number of hydrogen-bond donors (Lipinski definition) is 0. The van der Waals surface area contributed by atoms with Crippen LogP contribution >= 0.6 is 0 Å². The minimum Gasteiger partial charge on any atom is -0.310 e. The maximum absolute atomic E-state index is 2.47. The fraction of sp³-hybridized carbons (Fsp3) is 0. The SMILES string of the molecule is c1ccc(-c2ccc(N(c3ccc(-c4ccccc4)cc3)c3ccc4c(-c5ccc6ccc7ccccc7c6c5)c5cc(N(c6ccc(-c7ccccc7)cc6)c6ccc(-c7ccccc7)cc6)ccc5c(-c5ccc6ccc7ccccc7c6c5)c4c3)cc2)cc1. The lowest BCUT2D eigenvalue weighted by Crippen LogP contribution is -2.10. The second kappa shape index (κ2) is 23.1. The molecule has 0 fully saturated rings. The van der Waals surface area contributed by atoms with E-state index in [9.17, 15) is 0 Å². The van der Waals surface area contributed by atoms with E-state index in [0.717, 1.165) is 66.8 Å². The normalized spacial score (nSPS) is 11.5. The van der Waals surface area contributed by atoms with E-state index in [2.05, 4.69) is 374 Å². The van der Waals surface area contributed by atoms with Gasteiger partial charge in [0.2, 0.25) is 0 Å². The van der Waals surface area contributed by atoms with Crippen LogP contribution in [0.5, 0.6) is 0 Å². The van der Waals surface area contributed by atoms with Crippen LogP contribution in [-0.2, 0) is 0 Å². The van der Waals surface area contributed by atoms with Crippen LogP contribution < -0.4 is 9.80 Å². The monoisotopic (exact) mass is 1170 g/mol. The number of nitrogens with zero attached hydrogens (tertiary/aromatic N) is 2. The summed E-state index contributed by atoms with van der Waals surface area (Å²) in [5.74, 6) is 0. The topological polar surface area (TPSA) is 6.48 Å². The molecule has 0 spiro atoms. The van der Waals surface area contributed by atoms with Gasteiger partial charge in [0.05, 0.1) is 0 Å². The van der Waals surface area contributed by atoms with Gasteiger partial charge in [0, 0.05) is 34.1 Å².